The summed E-state index contributed by atoms with van der Waals surface area (Å²) in [5.41, 5.74) is 2.05. The van der Waals surface area contributed by atoms with Crippen LogP contribution >= 0.6 is 0 Å². The van der Waals surface area contributed by atoms with Crippen molar-refractivity contribution in [1.82, 2.24) is 15.1 Å². The lowest BCUT2D eigenvalue weighted by molar-refractivity contribution is -0.160. The normalized spacial score (nSPS) is 19.8. The van der Waals surface area contributed by atoms with Gasteiger partial charge in [0.1, 0.15) is 29.8 Å². The maximum absolute atomic E-state index is 15.5. The van der Waals surface area contributed by atoms with Gasteiger partial charge >= 0.3 is 0 Å². The first-order valence-electron chi connectivity index (χ1n) is 14.1. The van der Waals surface area contributed by atoms with Crippen LogP contribution < -0.4 is 5.32 Å². The van der Waals surface area contributed by atoms with Crippen molar-refractivity contribution >= 4 is 17.7 Å². The standard InChI is InChI=1S/C31H39F2N3O5/c1-19(2)15-26-29(37)34-27(22-16-20-7-5-6-8-21(20)17-22)30(38)36(26)28(24-10-9-23(32)18-25(24)33)31(39)35(11-13-40-3)12-14-41-4/h5-10,18-19,22,26-28H,11-17H2,1-4H3,(H,34,37). The minimum absolute atomic E-state index is 0.0137. The van der Waals surface area contributed by atoms with Gasteiger partial charge < -0.3 is 24.6 Å². The number of hydrogen-bond donors (Lipinski definition) is 1. The number of fused-ring (bicyclic) bond motifs is 1. The van der Waals surface area contributed by atoms with E-state index in [1.54, 1.807) is 0 Å². The molecule has 0 radical (unpaired) electrons. The maximum Gasteiger partial charge on any atom is 0.250 e. The highest BCUT2D eigenvalue weighted by Gasteiger charge is 2.50. The van der Waals surface area contributed by atoms with Gasteiger partial charge in [0.15, 0.2) is 0 Å². The third kappa shape index (κ3) is 6.76. The SMILES string of the molecule is COCCN(CCOC)C(=O)C(c1ccc(F)cc1F)N1C(=O)C(C2Cc3ccccc3C2)NC(=O)C1CC(C)C. The predicted octanol–water partition coefficient (Wildman–Crippen LogP) is 3.28. The van der Waals surface area contributed by atoms with Gasteiger partial charge in [-0.15, -0.1) is 0 Å². The Morgan fingerprint density at radius 1 is 1.02 bits per heavy atom. The number of benzene rings is 2. The molecule has 1 saturated heterocycles. The molecule has 1 aliphatic heterocycles. The highest BCUT2D eigenvalue weighted by molar-refractivity contribution is 6.00. The van der Waals surface area contributed by atoms with Crippen molar-refractivity contribution in [2.75, 3.05) is 40.5 Å². The molecule has 2 aromatic rings. The van der Waals surface area contributed by atoms with Crippen molar-refractivity contribution < 1.29 is 32.6 Å². The Bertz CT molecular complexity index is 1220. The molecule has 2 aromatic carbocycles. The van der Waals surface area contributed by atoms with E-state index in [9.17, 15) is 18.8 Å². The monoisotopic (exact) mass is 571 g/mol. The molecule has 1 aliphatic carbocycles. The fourth-order valence-electron chi connectivity index (χ4n) is 5.91. The highest BCUT2D eigenvalue weighted by atomic mass is 19.1. The van der Waals surface area contributed by atoms with Crippen molar-refractivity contribution in [2.45, 2.75) is 51.2 Å². The van der Waals surface area contributed by atoms with Gasteiger partial charge in [0, 0.05) is 38.9 Å². The first-order chi connectivity index (χ1) is 19.7. The van der Waals surface area contributed by atoms with Crippen molar-refractivity contribution in [1.29, 1.82) is 0 Å². The van der Waals surface area contributed by atoms with E-state index in [-0.39, 0.29) is 56.0 Å². The lowest BCUT2D eigenvalue weighted by Gasteiger charge is -2.45. The molecule has 1 N–H and O–H groups in total. The van der Waals surface area contributed by atoms with Crippen LogP contribution in [0.1, 0.15) is 43.0 Å². The molecule has 0 spiro atoms. The lowest BCUT2D eigenvalue weighted by Crippen LogP contribution is -2.67. The van der Waals surface area contributed by atoms with E-state index in [2.05, 4.69) is 5.32 Å². The van der Waals surface area contributed by atoms with Gasteiger partial charge in [0.05, 0.1) is 13.2 Å². The van der Waals surface area contributed by atoms with Gasteiger partial charge in [0.2, 0.25) is 17.7 Å². The first-order valence-corrected chi connectivity index (χ1v) is 14.1. The number of nitrogens with one attached hydrogen (secondary N) is 1. The molecule has 10 heteroatoms. The summed E-state index contributed by atoms with van der Waals surface area (Å²) in [5, 5.41) is 2.95. The van der Waals surface area contributed by atoms with Gasteiger partial charge in [-0.2, -0.15) is 0 Å². The van der Waals surface area contributed by atoms with Crippen LogP contribution in [0.2, 0.25) is 0 Å². The van der Waals surface area contributed by atoms with E-state index >= 15 is 4.39 Å². The predicted molar refractivity (Wildman–Crippen MR) is 149 cm³/mol. The van der Waals surface area contributed by atoms with Crippen LogP contribution in [0.4, 0.5) is 8.78 Å². The Balaban J connectivity index is 1.80. The third-order valence-corrected chi connectivity index (χ3v) is 7.92. The average molecular weight is 572 g/mol. The van der Waals surface area contributed by atoms with Crippen molar-refractivity contribution in [3.05, 3.63) is 70.8 Å². The molecule has 4 rings (SSSR count). The maximum atomic E-state index is 15.5. The van der Waals surface area contributed by atoms with E-state index in [1.807, 2.05) is 38.1 Å². The van der Waals surface area contributed by atoms with Crippen LogP contribution in [0.3, 0.4) is 0 Å². The molecule has 3 unspecified atom stereocenters. The summed E-state index contributed by atoms with van der Waals surface area (Å²) in [7, 11) is 2.99. The van der Waals surface area contributed by atoms with Gasteiger partial charge in [0.25, 0.3) is 0 Å². The Hall–Kier alpha value is -3.37. The van der Waals surface area contributed by atoms with Crippen LogP contribution in [-0.4, -0.2) is 80.1 Å². The Kier molecular flexibility index (Phi) is 10.1. The zero-order chi connectivity index (χ0) is 29.7. The summed E-state index contributed by atoms with van der Waals surface area (Å²) in [6.45, 7) is 4.52. The summed E-state index contributed by atoms with van der Waals surface area (Å²) in [5.74, 6) is -3.44. The van der Waals surface area contributed by atoms with Gasteiger partial charge in [-0.25, -0.2) is 8.78 Å². The number of carbonyl (C=O) groups is 3. The van der Waals surface area contributed by atoms with Crippen LogP contribution in [0.25, 0.3) is 0 Å². The summed E-state index contributed by atoms with van der Waals surface area (Å²) in [4.78, 5) is 45.2. The summed E-state index contributed by atoms with van der Waals surface area (Å²) in [6.07, 6.45) is 1.44. The molecule has 222 valence electrons. The largest absolute Gasteiger partial charge is 0.383 e. The first kappa shape index (κ1) is 30.6. The minimum Gasteiger partial charge on any atom is -0.383 e. The van der Waals surface area contributed by atoms with E-state index in [4.69, 9.17) is 9.47 Å². The van der Waals surface area contributed by atoms with Crippen LogP contribution in [0.15, 0.2) is 42.5 Å². The molecule has 8 nitrogen and oxygen atoms in total. The molecule has 1 fully saturated rings. The number of carbonyl (C=O) groups excluding carboxylic acids is 3. The van der Waals surface area contributed by atoms with Crippen LogP contribution in [0, 0.1) is 23.5 Å². The molecule has 3 atom stereocenters. The van der Waals surface area contributed by atoms with Gasteiger partial charge in [-0.3, -0.25) is 14.4 Å². The molecule has 3 amide bonds. The number of amides is 3. The Morgan fingerprint density at radius 2 is 1.63 bits per heavy atom. The molecule has 1 heterocycles. The van der Waals surface area contributed by atoms with E-state index < -0.39 is 41.6 Å². The van der Waals surface area contributed by atoms with Crippen molar-refractivity contribution in [3.63, 3.8) is 0 Å². The zero-order valence-corrected chi connectivity index (χ0v) is 24.1. The fourth-order valence-corrected chi connectivity index (χ4v) is 5.91. The van der Waals surface area contributed by atoms with E-state index in [0.29, 0.717) is 18.9 Å². The summed E-state index contributed by atoms with van der Waals surface area (Å²) < 4.78 is 39.9. The van der Waals surface area contributed by atoms with Crippen LogP contribution in [0.5, 0.6) is 0 Å². The summed E-state index contributed by atoms with van der Waals surface area (Å²) in [6, 6.07) is 7.42. The lowest BCUT2D eigenvalue weighted by atomic mass is 9.87. The number of nitrogens with zero attached hydrogens (tertiary/aromatic N) is 2. The number of piperazine rings is 1. The number of ether oxygens (including phenoxy) is 2. The molecule has 0 saturated carbocycles. The summed E-state index contributed by atoms with van der Waals surface area (Å²) >= 11 is 0. The topological polar surface area (TPSA) is 88.2 Å². The Labute approximate surface area is 240 Å². The average Bonchev–Trinajstić information content (AvgIpc) is 3.37. The minimum atomic E-state index is -1.49. The molecular weight excluding hydrogens is 532 g/mol. The quantitative estimate of drug-likeness (QED) is 0.423. The van der Waals surface area contributed by atoms with Gasteiger partial charge in [-0.1, -0.05) is 44.2 Å². The molecule has 2 aliphatic rings. The number of halogens is 2. The van der Waals surface area contributed by atoms with Crippen LogP contribution in [-0.2, 0) is 36.7 Å². The van der Waals surface area contributed by atoms with Gasteiger partial charge in [-0.05, 0) is 48.3 Å². The number of methoxy groups -OCH3 is 2. The number of hydrogen-bond acceptors (Lipinski definition) is 5. The number of rotatable bonds is 12. The second kappa shape index (κ2) is 13.5. The third-order valence-electron chi connectivity index (χ3n) is 7.92. The second-order valence-electron chi connectivity index (χ2n) is 11.2. The Morgan fingerprint density at radius 3 is 2.17 bits per heavy atom. The van der Waals surface area contributed by atoms with Crippen molar-refractivity contribution in [2.24, 2.45) is 11.8 Å². The van der Waals surface area contributed by atoms with E-state index in [1.165, 1.54) is 30.1 Å². The smallest absolute Gasteiger partial charge is 0.250 e. The second-order valence-corrected chi connectivity index (χ2v) is 11.2. The molecular formula is C31H39F2N3O5. The molecule has 0 aromatic heterocycles. The molecule has 0 bridgehead atoms. The molecule has 41 heavy (non-hydrogen) atoms. The van der Waals surface area contributed by atoms with E-state index in [0.717, 1.165) is 17.2 Å². The fraction of sp³-hybridized carbons (Fsp3) is 0.516. The highest BCUT2D eigenvalue weighted by Crippen LogP contribution is 2.36. The van der Waals surface area contributed by atoms with Crippen molar-refractivity contribution in [3.8, 4) is 0 Å². The zero-order valence-electron chi connectivity index (χ0n) is 24.1.